The summed E-state index contributed by atoms with van der Waals surface area (Å²) in [4.78, 5) is 41.7. The molecule has 37 heavy (non-hydrogen) atoms. The molecule has 3 aliphatic rings. The molecule has 1 unspecified atom stereocenters. The third-order valence-electron chi connectivity index (χ3n) is 7.62. The fourth-order valence-corrected chi connectivity index (χ4v) is 5.78. The van der Waals surface area contributed by atoms with Crippen LogP contribution in [0.3, 0.4) is 0 Å². The van der Waals surface area contributed by atoms with Crippen molar-refractivity contribution in [2.45, 2.75) is 56.7 Å². The van der Waals surface area contributed by atoms with Gasteiger partial charge in [0.15, 0.2) is 5.78 Å². The summed E-state index contributed by atoms with van der Waals surface area (Å²) in [6.07, 6.45) is 13.3. The molecule has 1 aliphatic heterocycles. The monoisotopic (exact) mass is 496 g/mol. The van der Waals surface area contributed by atoms with Crippen molar-refractivity contribution in [1.82, 2.24) is 10.2 Å². The molecule has 1 atom stereocenters. The maximum Gasteiger partial charge on any atom is 0.249 e. The lowest BCUT2D eigenvalue weighted by Crippen LogP contribution is -2.53. The highest BCUT2D eigenvalue weighted by atomic mass is 16.5. The van der Waals surface area contributed by atoms with Crippen LogP contribution in [0.1, 0.15) is 54.8 Å². The van der Waals surface area contributed by atoms with Gasteiger partial charge in [-0.2, -0.15) is 0 Å². The van der Waals surface area contributed by atoms with Crippen molar-refractivity contribution in [2.75, 3.05) is 7.11 Å². The zero-order valence-corrected chi connectivity index (χ0v) is 21.3. The molecule has 1 fully saturated rings. The molecular weight excluding hydrogens is 464 g/mol. The Hall–Kier alpha value is -3.93. The molecule has 2 aliphatic carbocycles. The van der Waals surface area contributed by atoms with Gasteiger partial charge in [0, 0.05) is 12.1 Å². The van der Waals surface area contributed by atoms with E-state index in [4.69, 9.17) is 4.74 Å². The van der Waals surface area contributed by atoms with E-state index in [0.717, 1.165) is 42.4 Å². The molecule has 0 aromatic heterocycles. The van der Waals surface area contributed by atoms with Crippen molar-refractivity contribution in [3.05, 3.63) is 95.6 Å². The number of hydrogen-bond acceptors (Lipinski definition) is 4. The van der Waals surface area contributed by atoms with E-state index in [9.17, 15) is 14.4 Å². The normalized spacial score (nSPS) is 19.7. The van der Waals surface area contributed by atoms with E-state index in [1.807, 2.05) is 55.5 Å². The van der Waals surface area contributed by atoms with Gasteiger partial charge in [0.05, 0.1) is 7.11 Å². The van der Waals surface area contributed by atoms with Gasteiger partial charge in [-0.1, -0.05) is 55.7 Å². The van der Waals surface area contributed by atoms with E-state index in [0.29, 0.717) is 11.3 Å². The number of rotatable bonds is 6. The average Bonchev–Trinajstić information content (AvgIpc) is 3.18. The second-order valence-corrected chi connectivity index (χ2v) is 10.0. The Morgan fingerprint density at radius 2 is 1.73 bits per heavy atom. The molecule has 1 saturated carbocycles. The maximum absolute atomic E-state index is 14.1. The number of hydrogen-bond donors (Lipinski definition) is 1. The van der Waals surface area contributed by atoms with Crippen LogP contribution in [0.2, 0.25) is 0 Å². The highest BCUT2D eigenvalue weighted by Gasteiger charge is 2.51. The van der Waals surface area contributed by atoms with E-state index >= 15 is 0 Å². The third-order valence-corrected chi connectivity index (χ3v) is 7.62. The minimum absolute atomic E-state index is 0.0809. The molecule has 2 amide bonds. The van der Waals surface area contributed by atoms with Crippen LogP contribution in [0.25, 0.3) is 5.57 Å². The fraction of sp³-hybridized carbons (Fsp3) is 0.323. The highest BCUT2D eigenvalue weighted by Crippen LogP contribution is 2.46. The van der Waals surface area contributed by atoms with E-state index in [1.54, 1.807) is 30.2 Å². The minimum Gasteiger partial charge on any atom is -0.496 e. The summed E-state index contributed by atoms with van der Waals surface area (Å²) in [5.74, 6) is 0.0648. The number of allylic oxidation sites excluding steroid dienone is 2. The zero-order chi connectivity index (χ0) is 26.0. The first-order valence-corrected chi connectivity index (χ1v) is 12.9. The van der Waals surface area contributed by atoms with Crippen LogP contribution in [0.4, 0.5) is 0 Å². The fourth-order valence-electron chi connectivity index (χ4n) is 5.78. The Bertz CT molecular complexity index is 1290. The lowest BCUT2D eigenvalue weighted by atomic mass is 9.81. The molecular formula is C31H32N2O4. The van der Waals surface area contributed by atoms with Crippen LogP contribution >= 0.6 is 0 Å². The summed E-state index contributed by atoms with van der Waals surface area (Å²) in [6, 6.07) is 14.4. The molecule has 1 heterocycles. The summed E-state index contributed by atoms with van der Waals surface area (Å²) in [5.41, 5.74) is 2.09. The van der Waals surface area contributed by atoms with Crippen molar-refractivity contribution in [2.24, 2.45) is 0 Å². The molecule has 0 radical (unpaired) electrons. The smallest absolute Gasteiger partial charge is 0.249 e. The topological polar surface area (TPSA) is 75.7 Å². The summed E-state index contributed by atoms with van der Waals surface area (Å²) >= 11 is 0. The Labute approximate surface area is 217 Å². The summed E-state index contributed by atoms with van der Waals surface area (Å²) in [5, 5.41) is 3.25. The number of methoxy groups -OCH3 is 1. The number of ketones is 1. The number of ether oxygens (including phenoxy) is 1. The van der Waals surface area contributed by atoms with Crippen LogP contribution in [-0.4, -0.2) is 41.2 Å². The third kappa shape index (κ3) is 4.64. The van der Waals surface area contributed by atoms with Gasteiger partial charge in [0.2, 0.25) is 11.8 Å². The predicted molar refractivity (Wildman–Crippen MR) is 143 cm³/mol. The van der Waals surface area contributed by atoms with Gasteiger partial charge in [0.1, 0.15) is 17.3 Å². The van der Waals surface area contributed by atoms with E-state index in [1.165, 1.54) is 18.6 Å². The minimum atomic E-state index is -1.07. The van der Waals surface area contributed by atoms with Gasteiger partial charge in [-0.3, -0.25) is 14.4 Å². The van der Waals surface area contributed by atoms with Gasteiger partial charge in [-0.25, -0.2) is 0 Å². The predicted octanol–water partition coefficient (Wildman–Crippen LogP) is 4.85. The van der Waals surface area contributed by atoms with Crippen LogP contribution in [-0.2, 0) is 14.4 Å². The number of amides is 2. The van der Waals surface area contributed by atoms with Crippen molar-refractivity contribution in [3.63, 3.8) is 0 Å². The lowest BCUT2D eigenvalue weighted by molar-refractivity contribution is -0.139. The molecule has 2 aromatic rings. The van der Waals surface area contributed by atoms with Crippen LogP contribution in [0, 0.1) is 6.92 Å². The number of aryl methyl sites for hydroxylation is 1. The largest absolute Gasteiger partial charge is 0.496 e. The summed E-state index contributed by atoms with van der Waals surface area (Å²) < 4.78 is 5.45. The Morgan fingerprint density at radius 3 is 2.38 bits per heavy atom. The van der Waals surface area contributed by atoms with Gasteiger partial charge in [-0.05, 0) is 78.5 Å². The second-order valence-electron chi connectivity index (χ2n) is 10.0. The van der Waals surface area contributed by atoms with Gasteiger partial charge >= 0.3 is 0 Å². The Morgan fingerprint density at radius 1 is 1.03 bits per heavy atom. The molecule has 1 spiro atoms. The van der Waals surface area contributed by atoms with Crippen molar-refractivity contribution in [3.8, 4) is 5.75 Å². The van der Waals surface area contributed by atoms with Crippen molar-refractivity contribution in [1.29, 1.82) is 0 Å². The standard InChI is InChI=1S/C31H32N2O4/c1-21-19-23(13-14-27(21)37-2)29(30(36)32-24-11-7-4-8-12-24)33-28(35)20-26(22-9-5-3-6-10-22)31(33)17-15-25(34)16-18-31/h3,5-6,9-10,13-20,24,29H,4,7-8,11-12H2,1-2H3,(H,32,36). The number of carbonyl (C=O) groups is 3. The van der Waals surface area contributed by atoms with Crippen LogP contribution in [0.15, 0.2) is 78.9 Å². The zero-order valence-electron chi connectivity index (χ0n) is 21.3. The molecule has 190 valence electrons. The Balaban J connectivity index is 1.63. The molecule has 0 bridgehead atoms. The molecule has 6 heteroatoms. The molecule has 0 saturated heterocycles. The number of benzene rings is 2. The first-order valence-electron chi connectivity index (χ1n) is 12.9. The average molecular weight is 497 g/mol. The quantitative estimate of drug-likeness (QED) is 0.620. The summed E-state index contributed by atoms with van der Waals surface area (Å²) in [7, 11) is 1.61. The first-order chi connectivity index (χ1) is 17.9. The van der Waals surface area contributed by atoms with Crippen LogP contribution in [0.5, 0.6) is 5.75 Å². The van der Waals surface area contributed by atoms with Crippen molar-refractivity contribution < 1.29 is 19.1 Å². The SMILES string of the molecule is COc1ccc(C(C(=O)NC2CCCCC2)N2C(=O)C=C(c3ccccc3)C23C=CC(=O)C=C3)cc1C. The number of carbonyl (C=O) groups excluding carboxylic acids is 3. The van der Waals surface area contributed by atoms with Crippen LogP contribution < -0.4 is 10.1 Å². The molecule has 1 N–H and O–H groups in total. The van der Waals surface area contributed by atoms with Gasteiger partial charge in [0.25, 0.3) is 0 Å². The van der Waals surface area contributed by atoms with Crippen molar-refractivity contribution >= 4 is 23.2 Å². The molecule has 6 nitrogen and oxygen atoms in total. The van der Waals surface area contributed by atoms with Gasteiger partial charge < -0.3 is 15.0 Å². The van der Waals surface area contributed by atoms with E-state index in [-0.39, 0.29) is 23.6 Å². The summed E-state index contributed by atoms with van der Waals surface area (Å²) in [6.45, 7) is 1.92. The highest BCUT2D eigenvalue weighted by molar-refractivity contribution is 6.10. The first kappa shape index (κ1) is 24.8. The Kier molecular flexibility index (Phi) is 6.83. The van der Waals surface area contributed by atoms with E-state index < -0.39 is 11.6 Å². The molecule has 5 rings (SSSR count). The molecule has 2 aromatic carbocycles. The lowest BCUT2D eigenvalue weighted by Gasteiger charge is -2.42. The van der Waals surface area contributed by atoms with Gasteiger partial charge in [-0.15, -0.1) is 0 Å². The number of nitrogens with zero attached hydrogens (tertiary/aromatic N) is 1. The maximum atomic E-state index is 14.1. The second kappa shape index (κ2) is 10.2. The van der Waals surface area contributed by atoms with E-state index in [2.05, 4.69) is 5.32 Å². The number of nitrogens with one attached hydrogen (secondary N) is 1.